The Morgan fingerprint density at radius 3 is 2.70 bits per heavy atom. The number of hydrogen-bond acceptors (Lipinski definition) is 4. The molecule has 0 saturated heterocycles. The van der Waals surface area contributed by atoms with Crippen molar-refractivity contribution >= 4 is 17.6 Å². The van der Waals surface area contributed by atoms with Gasteiger partial charge in [-0.2, -0.15) is 0 Å². The number of hydrogen-bond donors (Lipinski definition) is 1. The maximum absolute atomic E-state index is 12.3. The number of carbonyl (C=O) groups is 2. The molecule has 1 aromatic carbocycles. The summed E-state index contributed by atoms with van der Waals surface area (Å²) >= 11 is 0. The van der Waals surface area contributed by atoms with E-state index in [-0.39, 0.29) is 23.1 Å². The molecule has 1 aliphatic carbocycles. The van der Waals surface area contributed by atoms with Crippen LogP contribution in [0.2, 0.25) is 0 Å². The summed E-state index contributed by atoms with van der Waals surface area (Å²) in [4.78, 5) is 33.0. The van der Waals surface area contributed by atoms with Crippen molar-refractivity contribution in [1.29, 1.82) is 0 Å². The van der Waals surface area contributed by atoms with Crippen LogP contribution in [0, 0.1) is 12.3 Å². The number of nitrogens with zero attached hydrogens (tertiary/aromatic N) is 2. The number of carbonyl (C=O) groups excluding carboxylic acids is 2. The number of ketones is 1. The second-order valence-corrected chi connectivity index (χ2v) is 6.76. The predicted octanol–water partition coefficient (Wildman–Crippen LogP) is 3.19. The number of Topliss-reactive ketones (excluding diaryl/α,β-unsaturated/α-hetero) is 1. The first-order chi connectivity index (χ1) is 10.9. The van der Waals surface area contributed by atoms with Gasteiger partial charge in [-0.25, -0.2) is 9.97 Å². The zero-order valence-corrected chi connectivity index (χ0v) is 13.5. The lowest BCUT2D eigenvalue weighted by Crippen LogP contribution is -2.28. The van der Waals surface area contributed by atoms with Gasteiger partial charge >= 0.3 is 0 Å². The highest BCUT2D eigenvalue weighted by Gasteiger charge is 2.32. The van der Waals surface area contributed by atoms with E-state index in [1.54, 1.807) is 6.07 Å². The van der Waals surface area contributed by atoms with Gasteiger partial charge in [-0.3, -0.25) is 14.9 Å². The molecule has 118 valence electrons. The van der Waals surface area contributed by atoms with Crippen molar-refractivity contribution in [2.24, 2.45) is 5.41 Å². The molecule has 0 radical (unpaired) electrons. The van der Waals surface area contributed by atoms with E-state index < -0.39 is 0 Å². The highest BCUT2D eigenvalue weighted by atomic mass is 16.1. The van der Waals surface area contributed by atoms with Gasteiger partial charge in [-0.1, -0.05) is 32.0 Å². The summed E-state index contributed by atoms with van der Waals surface area (Å²) in [5.41, 5.74) is 2.64. The molecule has 5 heteroatoms. The lowest BCUT2D eigenvalue weighted by atomic mass is 9.76. The molecule has 0 bridgehead atoms. The molecular weight excluding hydrogens is 290 g/mol. The quantitative estimate of drug-likeness (QED) is 0.924. The molecule has 1 heterocycles. The van der Waals surface area contributed by atoms with Crippen LogP contribution < -0.4 is 5.32 Å². The molecule has 1 aliphatic rings. The number of benzene rings is 1. The number of fused-ring (bicyclic) bond motifs is 1. The number of amides is 1. The molecule has 23 heavy (non-hydrogen) atoms. The van der Waals surface area contributed by atoms with Gasteiger partial charge in [0.05, 0.1) is 11.3 Å². The fourth-order valence-corrected chi connectivity index (χ4v) is 2.89. The molecule has 5 nitrogen and oxygen atoms in total. The van der Waals surface area contributed by atoms with Gasteiger partial charge in [0.15, 0.2) is 5.78 Å². The van der Waals surface area contributed by atoms with Crippen molar-refractivity contribution in [3.63, 3.8) is 0 Å². The minimum absolute atomic E-state index is 0.0630. The first-order valence-electron chi connectivity index (χ1n) is 7.62. The Bertz CT molecular complexity index is 797. The van der Waals surface area contributed by atoms with Gasteiger partial charge in [0.2, 0.25) is 5.95 Å². The predicted molar refractivity (Wildman–Crippen MR) is 87.6 cm³/mol. The van der Waals surface area contributed by atoms with Gasteiger partial charge in [0.25, 0.3) is 5.91 Å². The molecule has 3 rings (SSSR count). The Hall–Kier alpha value is -2.56. The summed E-state index contributed by atoms with van der Waals surface area (Å²) in [6.45, 7) is 5.97. The number of rotatable bonds is 2. The summed E-state index contributed by atoms with van der Waals surface area (Å²) in [5.74, 6) is 0.0555. The fraction of sp³-hybridized carbons (Fsp3) is 0.333. The van der Waals surface area contributed by atoms with Crippen molar-refractivity contribution in [3.05, 3.63) is 52.8 Å². The lowest BCUT2D eigenvalue weighted by molar-refractivity contribution is 0.0909. The number of nitrogens with one attached hydrogen (secondary N) is 1. The fourth-order valence-electron chi connectivity index (χ4n) is 2.89. The normalized spacial score (nSPS) is 15.9. The third-order valence-electron chi connectivity index (χ3n) is 4.07. The first-order valence-corrected chi connectivity index (χ1v) is 7.62. The lowest BCUT2D eigenvalue weighted by Gasteiger charge is -2.29. The Morgan fingerprint density at radius 1 is 1.22 bits per heavy atom. The molecule has 0 spiro atoms. The van der Waals surface area contributed by atoms with Gasteiger partial charge in [0, 0.05) is 18.2 Å². The average molecular weight is 309 g/mol. The monoisotopic (exact) mass is 309 g/mol. The smallest absolute Gasteiger partial charge is 0.258 e. The molecule has 1 amide bonds. The van der Waals surface area contributed by atoms with E-state index in [0.29, 0.717) is 29.7 Å². The van der Waals surface area contributed by atoms with Crippen molar-refractivity contribution in [1.82, 2.24) is 9.97 Å². The number of anilines is 1. The average Bonchev–Trinajstić information content (AvgIpc) is 2.45. The Morgan fingerprint density at radius 2 is 1.96 bits per heavy atom. The van der Waals surface area contributed by atoms with E-state index in [0.717, 1.165) is 5.56 Å². The van der Waals surface area contributed by atoms with E-state index in [9.17, 15) is 9.59 Å². The second kappa shape index (κ2) is 5.57. The van der Waals surface area contributed by atoms with E-state index in [1.807, 2.05) is 39.0 Å². The topological polar surface area (TPSA) is 72.0 Å². The molecular formula is C18H19N3O2. The standard InChI is InChI=1S/C18H19N3O2/c1-11-6-4-5-7-12(11)16(23)21-17-19-10-13-14(20-17)8-18(2,3)9-15(13)22/h4-7,10H,8-9H2,1-3H3,(H,19,20,21,23). The summed E-state index contributed by atoms with van der Waals surface area (Å²) in [6, 6.07) is 7.34. The maximum Gasteiger partial charge on any atom is 0.258 e. The first kappa shape index (κ1) is 15.3. The number of aromatic nitrogens is 2. The molecule has 2 aromatic rings. The van der Waals surface area contributed by atoms with Crippen LogP contribution >= 0.6 is 0 Å². The SMILES string of the molecule is Cc1ccccc1C(=O)Nc1ncc2c(n1)CC(C)(C)CC2=O. The maximum atomic E-state index is 12.3. The molecule has 0 unspecified atom stereocenters. The minimum Gasteiger partial charge on any atom is -0.294 e. The van der Waals surface area contributed by atoms with Gasteiger partial charge in [0.1, 0.15) is 0 Å². The third-order valence-corrected chi connectivity index (χ3v) is 4.07. The van der Waals surface area contributed by atoms with E-state index in [4.69, 9.17) is 0 Å². The van der Waals surface area contributed by atoms with Gasteiger partial charge < -0.3 is 0 Å². The summed E-state index contributed by atoms with van der Waals surface area (Å²) < 4.78 is 0. The van der Waals surface area contributed by atoms with Gasteiger partial charge in [-0.15, -0.1) is 0 Å². The van der Waals surface area contributed by atoms with Crippen LogP contribution in [0.3, 0.4) is 0 Å². The van der Waals surface area contributed by atoms with Crippen LogP contribution in [0.5, 0.6) is 0 Å². The Kier molecular flexibility index (Phi) is 3.72. The second-order valence-electron chi connectivity index (χ2n) is 6.76. The molecule has 1 N–H and O–H groups in total. The van der Waals surface area contributed by atoms with Crippen molar-refractivity contribution in [2.75, 3.05) is 5.32 Å². The van der Waals surface area contributed by atoms with Crippen LogP contribution in [0.1, 0.15) is 52.2 Å². The summed E-state index contributed by atoms with van der Waals surface area (Å²) in [7, 11) is 0. The zero-order valence-electron chi connectivity index (χ0n) is 13.5. The summed E-state index contributed by atoms with van der Waals surface area (Å²) in [6.07, 6.45) is 2.72. The highest BCUT2D eigenvalue weighted by Crippen LogP contribution is 2.33. The highest BCUT2D eigenvalue weighted by molar-refractivity contribution is 6.04. The number of aryl methyl sites for hydroxylation is 1. The van der Waals surface area contributed by atoms with Crippen LogP contribution in [0.25, 0.3) is 0 Å². The van der Waals surface area contributed by atoms with E-state index in [2.05, 4.69) is 15.3 Å². The molecule has 0 fully saturated rings. The molecule has 1 aromatic heterocycles. The third kappa shape index (κ3) is 3.13. The van der Waals surface area contributed by atoms with E-state index in [1.165, 1.54) is 6.20 Å². The van der Waals surface area contributed by atoms with Crippen LogP contribution in [0.4, 0.5) is 5.95 Å². The Balaban J connectivity index is 1.87. The van der Waals surface area contributed by atoms with E-state index >= 15 is 0 Å². The molecule has 0 saturated carbocycles. The zero-order chi connectivity index (χ0) is 16.6. The largest absolute Gasteiger partial charge is 0.294 e. The van der Waals surface area contributed by atoms with Crippen LogP contribution in [-0.4, -0.2) is 21.7 Å². The van der Waals surface area contributed by atoms with Crippen LogP contribution in [0.15, 0.2) is 30.5 Å². The van der Waals surface area contributed by atoms with Gasteiger partial charge in [-0.05, 0) is 30.4 Å². The summed E-state index contributed by atoms with van der Waals surface area (Å²) in [5, 5.41) is 2.72. The van der Waals surface area contributed by atoms with Crippen molar-refractivity contribution in [3.8, 4) is 0 Å². The minimum atomic E-state index is -0.246. The van der Waals surface area contributed by atoms with Crippen molar-refractivity contribution < 1.29 is 9.59 Å². The Labute approximate surface area is 135 Å². The molecule has 0 aliphatic heterocycles. The van der Waals surface area contributed by atoms with Crippen LogP contribution in [-0.2, 0) is 6.42 Å². The van der Waals surface area contributed by atoms with Crippen molar-refractivity contribution in [2.45, 2.75) is 33.6 Å². The molecule has 0 atom stereocenters.